The van der Waals surface area contributed by atoms with Crippen LogP contribution in [0.15, 0.2) is 12.4 Å². The number of hydrogen-bond donors (Lipinski definition) is 1. The highest BCUT2D eigenvalue weighted by molar-refractivity contribution is 5.26. The molecule has 1 aromatic heterocycles. The van der Waals surface area contributed by atoms with Crippen LogP contribution >= 0.6 is 0 Å². The van der Waals surface area contributed by atoms with E-state index >= 15 is 0 Å². The van der Waals surface area contributed by atoms with E-state index in [1.54, 1.807) is 19.5 Å². The Bertz CT molecular complexity index is 329. The molecule has 5 nitrogen and oxygen atoms in total. The van der Waals surface area contributed by atoms with Gasteiger partial charge in [-0.1, -0.05) is 0 Å². The number of nitrogens with one attached hydrogen (secondary N) is 1. The van der Waals surface area contributed by atoms with Gasteiger partial charge in [-0.3, -0.25) is 4.90 Å². The standard InChI is InChI=1S/C13H24N4O/c1-10(2)17(11(3)4)7-6-14-13-15-8-12(18-5)9-16-13/h8-11H,6-7H2,1-5H3,(H,14,15,16). The number of methoxy groups -OCH3 is 1. The summed E-state index contributed by atoms with van der Waals surface area (Å²) in [7, 11) is 1.61. The third-order valence-corrected chi connectivity index (χ3v) is 2.84. The predicted octanol–water partition coefficient (Wildman–Crippen LogP) is 2.02. The Morgan fingerprint density at radius 3 is 2.17 bits per heavy atom. The van der Waals surface area contributed by atoms with Gasteiger partial charge in [0.25, 0.3) is 0 Å². The molecule has 102 valence electrons. The van der Waals surface area contributed by atoms with E-state index in [4.69, 9.17) is 4.74 Å². The number of aromatic nitrogens is 2. The molecule has 18 heavy (non-hydrogen) atoms. The van der Waals surface area contributed by atoms with Gasteiger partial charge < -0.3 is 10.1 Å². The minimum atomic E-state index is 0.545. The Hall–Kier alpha value is -1.36. The lowest BCUT2D eigenvalue weighted by Gasteiger charge is -2.30. The molecule has 1 heterocycles. The first-order chi connectivity index (χ1) is 8.54. The van der Waals surface area contributed by atoms with E-state index in [1.807, 2.05) is 0 Å². The zero-order valence-corrected chi connectivity index (χ0v) is 12.0. The van der Waals surface area contributed by atoms with Crippen LogP contribution in [0.25, 0.3) is 0 Å². The van der Waals surface area contributed by atoms with Gasteiger partial charge in [-0.15, -0.1) is 0 Å². The molecule has 1 rings (SSSR count). The lowest BCUT2D eigenvalue weighted by atomic mass is 10.2. The highest BCUT2D eigenvalue weighted by Gasteiger charge is 2.12. The van der Waals surface area contributed by atoms with Gasteiger partial charge in [-0.25, -0.2) is 9.97 Å². The Balaban J connectivity index is 2.40. The van der Waals surface area contributed by atoms with E-state index in [9.17, 15) is 0 Å². The number of hydrogen-bond acceptors (Lipinski definition) is 5. The molecule has 0 bridgehead atoms. The van der Waals surface area contributed by atoms with Crippen LogP contribution in [0.1, 0.15) is 27.7 Å². The summed E-state index contributed by atoms with van der Waals surface area (Å²) in [6, 6.07) is 1.09. The van der Waals surface area contributed by atoms with Gasteiger partial charge in [-0.2, -0.15) is 0 Å². The van der Waals surface area contributed by atoms with Gasteiger partial charge >= 0.3 is 0 Å². The third-order valence-electron chi connectivity index (χ3n) is 2.84. The molecule has 0 saturated carbocycles. The molecule has 1 N–H and O–H groups in total. The maximum Gasteiger partial charge on any atom is 0.222 e. The van der Waals surface area contributed by atoms with Crippen molar-refractivity contribution in [1.82, 2.24) is 14.9 Å². The highest BCUT2D eigenvalue weighted by atomic mass is 16.5. The van der Waals surface area contributed by atoms with Crippen molar-refractivity contribution in [3.63, 3.8) is 0 Å². The Morgan fingerprint density at radius 2 is 1.72 bits per heavy atom. The summed E-state index contributed by atoms with van der Waals surface area (Å²) in [5, 5.41) is 3.22. The summed E-state index contributed by atoms with van der Waals surface area (Å²) in [6.45, 7) is 10.7. The van der Waals surface area contributed by atoms with E-state index in [-0.39, 0.29) is 0 Å². The summed E-state index contributed by atoms with van der Waals surface area (Å²) >= 11 is 0. The van der Waals surface area contributed by atoms with Crippen LogP contribution in [0, 0.1) is 0 Å². The topological polar surface area (TPSA) is 50.3 Å². The monoisotopic (exact) mass is 252 g/mol. The van der Waals surface area contributed by atoms with Gasteiger partial charge in [0.1, 0.15) is 0 Å². The Kier molecular flexibility index (Phi) is 5.85. The second-order valence-corrected chi connectivity index (χ2v) is 4.80. The minimum absolute atomic E-state index is 0.545. The number of anilines is 1. The van der Waals surface area contributed by atoms with Crippen molar-refractivity contribution in [3.8, 4) is 5.75 Å². The molecule has 0 fully saturated rings. The molecule has 0 spiro atoms. The molecule has 0 radical (unpaired) electrons. The second kappa shape index (κ2) is 7.16. The molecule has 0 aliphatic heterocycles. The van der Waals surface area contributed by atoms with E-state index in [0.29, 0.717) is 23.8 Å². The van der Waals surface area contributed by atoms with Crippen LogP contribution in [0.2, 0.25) is 0 Å². The van der Waals surface area contributed by atoms with Crippen LogP contribution in [0.3, 0.4) is 0 Å². The fraction of sp³-hybridized carbons (Fsp3) is 0.692. The van der Waals surface area contributed by atoms with E-state index in [2.05, 4.69) is 47.9 Å². The maximum atomic E-state index is 5.01. The van der Waals surface area contributed by atoms with Gasteiger partial charge in [0.15, 0.2) is 5.75 Å². The zero-order valence-electron chi connectivity index (χ0n) is 12.0. The van der Waals surface area contributed by atoms with Gasteiger partial charge in [-0.05, 0) is 27.7 Å². The smallest absolute Gasteiger partial charge is 0.222 e. The molecule has 0 amide bonds. The van der Waals surface area contributed by atoms with Crippen molar-refractivity contribution in [2.75, 3.05) is 25.5 Å². The van der Waals surface area contributed by atoms with Crippen molar-refractivity contribution in [1.29, 1.82) is 0 Å². The zero-order chi connectivity index (χ0) is 13.5. The Morgan fingerprint density at radius 1 is 1.17 bits per heavy atom. The fourth-order valence-electron chi connectivity index (χ4n) is 1.92. The average molecular weight is 252 g/mol. The van der Waals surface area contributed by atoms with Crippen LogP contribution in [-0.4, -0.2) is 47.2 Å². The normalized spacial score (nSPS) is 11.3. The number of rotatable bonds is 7. The van der Waals surface area contributed by atoms with Gasteiger partial charge in [0, 0.05) is 25.2 Å². The second-order valence-electron chi connectivity index (χ2n) is 4.80. The molecule has 0 unspecified atom stereocenters. The molecule has 0 aliphatic rings. The molecular formula is C13H24N4O. The summed E-state index contributed by atoms with van der Waals surface area (Å²) in [6.07, 6.45) is 3.33. The lowest BCUT2D eigenvalue weighted by molar-refractivity contribution is 0.182. The maximum absolute atomic E-state index is 5.01. The summed E-state index contributed by atoms with van der Waals surface area (Å²) in [5.74, 6) is 1.31. The van der Waals surface area contributed by atoms with Crippen molar-refractivity contribution in [2.45, 2.75) is 39.8 Å². The van der Waals surface area contributed by atoms with Crippen molar-refractivity contribution in [3.05, 3.63) is 12.4 Å². The third kappa shape index (κ3) is 4.49. The SMILES string of the molecule is COc1cnc(NCCN(C(C)C)C(C)C)nc1. The van der Waals surface area contributed by atoms with E-state index < -0.39 is 0 Å². The molecular weight excluding hydrogens is 228 g/mol. The molecule has 1 aromatic rings. The average Bonchev–Trinajstić information content (AvgIpc) is 2.34. The van der Waals surface area contributed by atoms with Crippen molar-refractivity contribution in [2.24, 2.45) is 0 Å². The summed E-state index contributed by atoms with van der Waals surface area (Å²) < 4.78 is 5.01. The van der Waals surface area contributed by atoms with Crippen LogP contribution in [0.4, 0.5) is 5.95 Å². The summed E-state index contributed by atoms with van der Waals surface area (Å²) in [4.78, 5) is 10.8. The largest absolute Gasteiger partial charge is 0.494 e. The van der Waals surface area contributed by atoms with Crippen LogP contribution in [-0.2, 0) is 0 Å². The van der Waals surface area contributed by atoms with E-state index in [0.717, 1.165) is 13.1 Å². The minimum Gasteiger partial charge on any atom is -0.494 e. The Labute approximate surface area is 110 Å². The van der Waals surface area contributed by atoms with Gasteiger partial charge in [0.2, 0.25) is 5.95 Å². The first-order valence-corrected chi connectivity index (χ1v) is 6.40. The van der Waals surface area contributed by atoms with Crippen molar-refractivity contribution >= 4 is 5.95 Å². The molecule has 5 heteroatoms. The van der Waals surface area contributed by atoms with E-state index in [1.165, 1.54) is 0 Å². The van der Waals surface area contributed by atoms with Crippen LogP contribution in [0.5, 0.6) is 5.75 Å². The molecule has 0 saturated heterocycles. The van der Waals surface area contributed by atoms with Gasteiger partial charge in [0.05, 0.1) is 19.5 Å². The lowest BCUT2D eigenvalue weighted by Crippen LogP contribution is -2.40. The fourth-order valence-corrected chi connectivity index (χ4v) is 1.92. The first-order valence-electron chi connectivity index (χ1n) is 6.40. The first kappa shape index (κ1) is 14.7. The molecule has 0 aromatic carbocycles. The predicted molar refractivity (Wildman–Crippen MR) is 74.1 cm³/mol. The van der Waals surface area contributed by atoms with Crippen molar-refractivity contribution < 1.29 is 4.74 Å². The van der Waals surface area contributed by atoms with Crippen LogP contribution < -0.4 is 10.1 Å². The molecule has 0 atom stereocenters. The number of nitrogens with zero attached hydrogens (tertiary/aromatic N) is 3. The summed E-state index contributed by atoms with van der Waals surface area (Å²) in [5.41, 5.74) is 0. The highest BCUT2D eigenvalue weighted by Crippen LogP contribution is 2.08. The quantitative estimate of drug-likeness (QED) is 0.804. The number of ether oxygens (including phenoxy) is 1. The molecule has 0 aliphatic carbocycles.